The zero-order valence-corrected chi connectivity index (χ0v) is 8.10. The summed E-state index contributed by atoms with van der Waals surface area (Å²) in [5.74, 6) is -0.252. The van der Waals surface area contributed by atoms with Gasteiger partial charge in [-0.2, -0.15) is 0 Å². The second-order valence-electron chi connectivity index (χ2n) is 4.11. The van der Waals surface area contributed by atoms with Crippen molar-refractivity contribution < 1.29 is 9.18 Å². The summed E-state index contributed by atoms with van der Waals surface area (Å²) in [6.45, 7) is 5.75. The molecule has 0 aliphatic rings. The lowest BCUT2D eigenvalue weighted by atomic mass is 9.86. The molecule has 70 valence electrons. The first-order chi connectivity index (χ1) is 5.95. The molecule has 0 unspecified atom stereocenters. The van der Waals surface area contributed by atoms with E-state index < -0.39 is 0 Å². The smallest absolute Gasteiger partial charge is 0.150 e. The molecule has 0 bridgehead atoms. The fourth-order valence-corrected chi connectivity index (χ4v) is 1.19. The molecule has 0 saturated heterocycles. The average molecular weight is 180 g/mol. The Balaban J connectivity index is 3.27. The van der Waals surface area contributed by atoms with E-state index in [2.05, 4.69) is 0 Å². The fraction of sp³-hybridized carbons (Fsp3) is 0.364. The van der Waals surface area contributed by atoms with E-state index in [-0.39, 0.29) is 11.2 Å². The van der Waals surface area contributed by atoms with Crippen molar-refractivity contribution in [2.75, 3.05) is 0 Å². The van der Waals surface area contributed by atoms with E-state index in [4.69, 9.17) is 0 Å². The van der Waals surface area contributed by atoms with Crippen LogP contribution in [0.5, 0.6) is 0 Å². The summed E-state index contributed by atoms with van der Waals surface area (Å²) in [6.07, 6.45) is 0.731. The zero-order valence-electron chi connectivity index (χ0n) is 8.10. The van der Waals surface area contributed by atoms with E-state index in [9.17, 15) is 9.18 Å². The van der Waals surface area contributed by atoms with E-state index in [1.807, 2.05) is 20.8 Å². The van der Waals surface area contributed by atoms with Crippen LogP contribution in [0.1, 0.15) is 36.7 Å². The van der Waals surface area contributed by atoms with E-state index in [1.165, 1.54) is 12.1 Å². The molecule has 0 heterocycles. The van der Waals surface area contributed by atoms with Gasteiger partial charge in [0.15, 0.2) is 0 Å². The van der Waals surface area contributed by atoms with Crippen LogP contribution in [0, 0.1) is 5.82 Å². The molecule has 2 heteroatoms. The molecule has 0 spiro atoms. The molecular weight excluding hydrogens is 167 g/mol. The van der Waals surface area contributed by atoms with E-state index in [1.54, 1.807) is 6.07 Å². The second-order valence-corrected chi connectivity index (χ2v) is 4.11. The van der Waals surface area contributed by atoms with Gasteiger partial charge in [0, 0.05) is 5.56 Å². The van der Waals surface area contributed by atoms with E-state index in [0.29, 0.717) is 11.1 Å². The Morgan fingerprint density at radius 2 is 1.92 bits per heavy atom. The molecular formula is C11H13FO. The van der Waals surface area contributed by atoms with Gasteiger partial charge >= 0.3 is 0 Å². The summed E-state index contributed by atoms with van der Waals surface area (Å²) in [6, 6.07) is 4.42. The number of benzene rings is 1. The number of hydrogen-bond acceptors (Lipinski definition) is 1. The van der Waals surface area contributed by atoms with Gasteiger partial charge in [-0.3, -0.25) is 4.79 Å². The molecule has 1 aromatic carbocycles. The van der Waals surface area contributed by atoms with Gasteiger partial charge < -0.3 is 0 Å². The molecule has 0 N–H and O–H groups in total. The van der Waals surface area contributed by atoms with Crippen molar-refractivity contribution in [3.8, 4) is 0 Å². The first kappa shape index (κ1) is 9.90. The first-order valence-electron chi connectivity index (χ1n) is 4.20. The van der Waals surface area contributed by atoms with Crippen LogP contribution in [0.4, 0.5) is 4.39 Å². The van der Waals surface area contributed by atoms with Gasteiger partial charge in [0.05, 0.1) is 0 Å². The number of rotatable bonds is 1. The van der Waals surface area contributed by atoms with Crippen LogP contribution >= 0.6 is 0 Å². The predicted molar refractivity (Wildman–Crippen MR) is 50.5 cm³/mol. The van der Waals surface area contributed by atoms with Crippen molar-refractivity contribution in [2.24, 2.45) is 0 Å². The standard InChI is InChI=1S/C11H13FO/c1-11(2,3)9-6-8(7-13)4-5-10(9)12/h4-7H,1-3H3. The molecule has 0 aliphatic carbocycles. The molecule has 13 heavy (non-hydrogen) atoms. The molecule has 0 saturated carbocycles. The maximum atomic E-state index is 13.3. The molecule has 0 aliphatic heterocycles. The quantitative estimate of drug-likeness (QED) is 0.607. The van der Waals surface area contributed by atoms with Crippen molar-refractivity contribution >= 4 is 6.29 Å². The van der Waals surface area contributed by atoms with Gasteiger partial charge in [0.25, 0.3) is 0 Å². The molecule has 0 fully saturated rings. The highest BCUT2D eigenvalue weighted by Crippen LogP contribution is 2.25. The topological polar surface area (TPSA) is 17.1 Å². The summed E-state index contributed by atoms with van der Waals surface area (Å²) in [5, 5.41) is 0. The van der Waals surface area contributed by atoms with Crippen molar-refractivity contribution in [1.82, 2.24) is 0 Å². The van der Waals surface area contributed by atoms with Gasteiger partial charge in [-0.25, -0.2) is 4.39 Å². The lowest BCUT2D eigenvalue weighted by molar-refractivity contribution is 0.112. The lowest BCUT2D eigenvalue weighted by Gasteiger charge is -2.19. The predicted octanol–water partition coefficient (Wildman–Crippen LogP) is 2.94. The summed E-state index contributed by atoms with van der Waals surface area (Å²) in [4.78, 5) is 10.5. The van der Waals surface area contributed by atoms with E-state index in [0.717, 1.165) is 6.29 Å². The third-order valence-corrected chi connectivity index (χ3v) is 1.93. The maximum absolute atomic E-state index is 13.3. The fourth-order valence-electron chi connectivity index (χ4n) is 1.19. The van der Waals surface area contributed by atoms with Crippen molar-refractivity contribution in [2.45, 2.75) is 26.2 Å². The van der Waals surface area contributed by atoms with Gasteiger partial charge in [0.2, 0.25) is 0 Å². The number of halogens is 1. The highest BCUT2D eigenvalue weighted by Gasteiger charge is 2.18. The molecule has 1 rings (SSSR count). The summed E-state index contributed by atoms with van der Waals surface area (Å²) in [7, 11) is 0. The minimum Gasteiger partial charge on any atom is -0.298 e. The number of aldehydes is 1. The maximum Gasteiger partial charge on any atom is 0.150 e. The lowest BCUT2D eigenvalue weighted by Crippen LogP contribution is -2.13. The normalized spacial score (nSPS) is 11.4. The van der Waals surface area contributed by atoms with Crippen LogP contribution in [0.15, 0.2) is 18.2 Å². The van der Waals surface area contributed by atoms with Gasteiger partial charge in [0.1, 0.15) is 12.1 Å². The van der Waals surface area contributed by atoms with E-state index >= 15 is 0 Å². The minimum absolute atomic E-state index is 0.252. The van der Waals surface area contributed by atoms with Crippen molar-refractivity contribution in [3.05, 3.63) is 35.1 Å². The Bertz CT molecular complexity index is 323. The molecule has 1 nitrogen and oxygen atoms in total. The highest BCUT2D eigenvalue weighted by molar-refractivity contribution is 5.75. The van der Waals surface area contributed by atoms with Gasteiger partial charge in [-0.05, 0) is 29.2 Å². The monoisotopic (exact) mass is 180 g/mol. The van der Waals surface area contributed by atoms with Crippen LogP contribution < -0.4 is 0 Å². The molecule has 0 aromatic heterocycles. The Labute approximate surface area is 77.6 Å². The SMILES string of the molecule is CC(C)(C)c1cc(C=O)ccc1F. The van der Waals surface area contributed by atoms with Crippen LogP contribution in [-0.4, -0.2) is 6.29 Å². The molecule has 1 aromatic rings. The van der Waals surface area contributed by atoms with Crippen LogP contribution in [0.3, 0.4) is 0 Å². The van der Waals surface area contributed by atoms with Crippen molar-refractivity contribution in [3.63, 3.8) is 0 Å². The highest BCUT2D eigenvalue weighted by atomic mass is 19.1. The zero-order chi connectivity index (χ0) is 10.1. The van der Waals surface area contributed by atoms with Crippen LogP contribution in [0.2, 0.25) is 0 Å². The van der Waals surface area contributed by atoms with Crippen LogP contribution in [0.25, 0.3) is 0 Å². The Morgan fingerprint density at radius 3 is 2.38 bits per heavy atom. The largest absolute Gasteiger partial charge is 0.298 e. The van der Waals surface area contributed by atoms with Crippen LogP contribution in [-0.2, 0) is 5.41 Å². The van der Waals surface area contributed by atoms with Gasteiger partial charge in [-0.15, -0.1) is 0 Å². The Hall–Kier alpha value is -1.18. The summed E-state index contributed by atoms with van der Waals surface area (Å²) in [5.41, 5.74) is 0.840. The average Bonchev–Trinajstić information content (AvgIpc) is 2.03. The Kier molecular flexibility index (Phi) is 2.50. The number of carbonyl (C=O) groups is 1. The van der Waals surface area contributed by atoms with Gasteiger partial charge in [-0.1, -0.05) is 20.8 Å². The molecule has 0 atom stereocenters. The first-order valence-corrected chi connectivity index (χ1v) is 4.20. The minimum atomic E-state index is -0.261. The summed E-state index contributed by atoms with van der Waals surface area (Å²) < 4.78 is 13.3. The third kappa shape index (κ3) is 2.14. The molecule has 0 amide bonds. The Morgan fingerprint density at radius 1 is 1.31 bits per heavy atom. The summed E-state index contributed by atoms with van der Waals surface area (Å²) >= 11 is 0. The third-order valence-electron chi connectivity index (χ3n) is 1.93. The number of hydrogen-bond donors (Lipinski definition) is 0. The number of carbonyl (C=O) groups excluding carboxylic acids is 1. The molecule has 0 radical (unpaired) electrons. The second kappa shape index (κ2) is 3.29. The van der Waals surface area contributed by atoms with Crippen molar-refractivity contribution in [1.29, 1.82) is 0 Å².